The van der Waals surface area contributed by atoms with Gasteiger partial charge in [0.05, 0.1) is 6.10 Å². The summed E-state index contributed by atoms with van der Waals surface area (Å²) in [7, 11) is 0. The zero-order valence-electron chi connectivity index (χ0n) is 8.12. The molecule has 0 aliphatic carbocycles. The molecule has 0 radical (unpaired) electrons. The predicted octanol–water partition coefficient (Wildman–Crippen LogP) is 1.51. The van der Waals surface area contributed by atoms with Gasteiger partial charge in [0.1, 0.15) is 0 Å². The van der Waals surface area contributed by atoms with Gasteiger partial charge in [-0.1, -0.05) is 0 Å². The van der Waals surface area contributed by atoms with Crippen molar-refractivity contribution in [3.8, 4) is 0 Å². The van der Waals surface area contributed by atoms with Gasteiger partial charge in [0.15, 0.2) is 0 Å². The van der Waals surface area contributed by atoms with E-state index in [4.69, 9.17) is 4.74 Å². The quantitative estimate of drug-likeness (QED) is 0.590. The lowest BCUT2D eigenvalue weighted by Gasteiger charge is -2.24. The summed E-state index contributed by atoms with van der Waals surface area (Å²) in [6, 6.07) is 0.694. The molecule has 2 heterocycles. The van der Waals surface area contributed by atoms with Gasteiger partial charge in [0, 0.05) is 25.7 Å². The van der Waals surface area contributed by atoms with Gasteiger partial charge in [0.25, 0.3) is 0 Å². The Morgan fingerprint density at radius 3 is 2.83 bits per heavy atom. The van der Waals surface area contributed by atoms with E-state index in [2.05, 4.69) is 18.7 Å². The summed E-state index contributed by atoms with van der Waals surface area (Å²) in [5, 5.41) is 0. The third-order valence-electron chi connectivity index (χ3n) is 3.19. The zero-order chi connectivity index (χ0) is 8.55. The van der Waals surface area contributed by atoms with Crippen LogP contribution in [0.3, 0.4) is 0 Å². The molecule has 2 heteroatoms. The first-order valence-electron chi connectivity index (χ1n) is 5.13. The van der Waals surface area contributed by atoms with Crippen LogP contribution in [0.15, 0.2) is 0 Å². The molecule has 0 aromatic heterocycles. The summed E-state index contributed by atoms with van der Waals surface area (Å²) in [4.78, 5) is 2.54. The lowest BCUT2D eigenvalue weighted by molar-refractivity contribution is -0.00157. The number of fused-ring (bicyclic) bond motifs is 1. The third-order valence-corrected chi connectivity index (χ3v) is 3.19. The Bertz CT molecular complexity index is 144. The van der Waals surface area contributed by atoms with E-state index in [0.29, 0.717) is 12.1 Å². The molecule has 2 saturated heterocycles. The fourth-order valence-corrected chi connectivity index (χ4v) is 2.34. The smallest absolute Gasteiger partial charge is 0.0742 e. The van der Waals surface area contributed by atoms with Crippen molar-refractivity contribution in [2.75, 3.05) is 19.7 Å². The second-order valence-corrected chi connectivity index (χ2v) is 4.36. The average molecular weight is 169 g/mol. The van der Waals surface area contributed by atoms with Crippen LogP contribution in [0.2, 0.25) is 0 Å². The molecular formula is C10H19NO. The molecular weight excluding hydrogens is 150 g/mol. The molecule has 12 heavy (non-hydrogen) atoms. The first kappa shape index (κ1) is 8.52. The predicted molar refractivity (Wildman–Crippen MR) is 49.2 cm³/mol. The molecule has 0 N–H and O–H groups in total. The van der Waals surface area contributed by atoms with E-state index < -0.39 is 0 Å². The van der Waals surface area contributed by atoms with Gasteiger partial charge < -0.3 is 4.74 Å². The highest BCUT2D eigenvalue weighted by molar-refractivity contribution is 4.88. The summed E-state index contributed by atoms with van der Waals surface area (Å²) in [5.74, 6) is 0.834. The van der Waals surface area contributed by atoms with Gasteiger partial charge in [-0.15, -0.1) is 0 Å². The van der Waals surface area contributed by atoms with Crippen LogP contribution >= 0.6 is 0 Å². The Kier molecular flexibility index (Phi) is 2.37. The summed E-state index contributed by atoms with van der Waals surface area (Å²) in [6.45, 7) is 7.98. The molecule has 2 fully saturated rings. The highest BCUT2D eigenvalue weighted by Gasteiger charge is 2.35. The summed E-state index contributed by atoms with van der Waals surface area (Å²) in [6.07, 6.45) is 3.21. The van der Waals surface area contributed by atoms with Gasteiger partial charge in [-0.25, -0.2) is 0 Å². The van der Waals surface area contributed by atoms with E-state index in [0.717, 1.165) is 12.5 Å². The number of rotatable bonds is 1. The molecule has 2 aliphatic heterocycles. The van der Waals surface area contributed by atoms with Crippen molar-refractivity contribution in [3.63, 3.8) is 0 Å². The van der Waals surface area contributed by atoms with E-state index in [1.807, 2.05) is 0 Å². The molecule has 2 aliphatic rings. The maximum Gasteiger partial charge on any atom is 0.0742 e. The van der Waals surface area contributed by atoms with Crippen molar-refractivity contribution in [3.05, 3.63) is 0 Å². The maximum absolute atomic E-state index is 5.74. The Morgan fingerprint density at radius 2 is 2.17 bits per heavy atom. The van der Waals surface area contributed by atoms with E-state index in [1.165, 1.54) is 25.9 Å². The number of ether oxygens (including phenoxy) is 1. The van der Waals surface area contributed by atoms with Gasteiger partial charge in [-0.3, -0.25) is 4.90 Å². The molecule has 0 aromatic rings. The van der Waals surface area contributed by atoms with Crippen molar-refractivity contribution in [2.24, 2.45) is 5.92 Å². The highest BCUT2D eigenvalue weighted by atomic mass is 16.5. The van der Waals surface area contributed by atoms with Crippen LogP contribution < -0.4 is 0 Å². The van der Waals surface area contributed by atoms with Crippen LogP contribution in [0.1, 0.15) is 26.7 Å². The van der Waals surface area contributed by atoms with Crippen molar-refractivity contribution < 1.29 is 4.74 Å². The molecule has 0 bridgehead atoms. The molecule has 0 saturated carbocycles. The molecule has 0 aromatic carbocycles. The summed E-state index contributed by atoms with van der Waals surface area (Å²) in [5.41, 5.74) is 0. The van der Waals surface area contributed by atoms with E-state index in [-0.39, 0.29) is 0 Å². The monoisotopic (exact) mass is 169 g/mol. The number of hydrogen-bond acceptors (Lipinski definition) is 2. The summed E-state index contributed by atoms with van der Waals surface area (Å²) < 4.78 is 5.74. The second-order valence-electron chi connectivity index (χ2n) is 4.36. The Balaban J connectivity index is 1.94. The summed E-state index contributed by atoms with van der Waals surface area (Å²) >= 11 is 0. The first-order valence-corrected chi connectivity index (χ1v) is 5.13. The molecule has 2 atom stereocenters. The van der Waals surface area contributed by atoms with Crippen LogP contribution in [-0.2, 0) is 4.74 Å². The van der Waals surface area contributed by atoms with Crippen molar-refractivity contribution in [1.82, 2.24) is 4.90 Å². The highest BCUT2D eigenvalue weighted by Crippen LogP contribution is 2.29. The van der Waals surface area contributed by atoms with Crippen molar-refractivity contribution >= 4 is 0 Å². The van der Waals surface area contributed by atoms with Crippen LogP contribution in [0.5, 0.6) is 0 Å². The van der Waals surface area contributed by atoms with Crippen molar-refractivity contribution in [1.29, 1.82) is 0 Å². The van der Waals surface area contributed by atoms with Crippen LogP contribution in [0.25, 0.3) is 0 Å². The fourth-order valence-electron chi connectivity index (χ4n) is 2.34. The van der Waals surface area contributed by atoms with Crippen LogP contribution in [0, 0.1) is 5.92 Å². The minimum Gasteiger partial charge on any atom is -0.377 e. The van der Waals surface area contributed by atoms with Gasteiger partial charge in [-0.05, 0) is 32.6 Å². The Hall–Kier alpha value is -0.0800. The SMILES string of the molecule is CC(C)N1C[C@@H]2CCCO[C@@H]2C1. The fraction of sp³-hybridized carbons (Fsp3) is 1.00. The minimum atomic E-state index is 0.557. The minimum absolute atomic E-state index is 0.557. The standard InChI is InChI=1S/C10H19NO/c1-8(2)11-6-9-4-3-5-12-10(9)7-11/h8-10H,3-7H2,1-2H3/t9-,10+/m0/s1. The molecule has 70 valence electrons. The molecule has 0 unspecified atom stereocenters. The molecule has 2 nitrogen and oxygen atoms in total. The topological polar surface area (TPSA) is 12.5 Å². The zero-order valence-corrected chi connectivity index (χ0v) is 8.12. The van der Waals surface area contributed by atoms with Crippen molar-refractivity contribution in [2.45, 2.75) is 38.8 Å². The number of likely N-dealkylation sites (tertiary alicyclic amines) is 1. The largest absolute Gasteiger partial charge is 0.377 e. The van der Waals surface area contributed by atoms with E-state index in [9.17, 15) is 0 Å². The number of nitrogens with zero attached hydrogens (tertiary/aromatic N) is 1. The van der Waals surface area contributed by atoms with Gasteiger partial charge in [0.2, 0.25) is 0 Å². The Labute approximate surface area is 74.9 Å². The molecule has 0 amide bonds. The van der Waals surface area contributed by atoms with Gasteiger partial charge in [-0.2, -0.15) is 0 Å². The van der Waals surface area contributed by atoms with E-state index >= 15 is 0 Å². The van der Waals surface area contributed by atoms with Crippen LogP contribution in [-0.4, -0.2) is 36.7 Å². The normalized spacial score (nSPS) is 37.2. The third kappa shape index (κ3) is 1.50. The molecule has 0 spiro atoms. The van der Waals surface area contributed by atoms with Gasteiger partial charge >= 0.3 is 0 Å². The Morgan fingerprint density at radius 1 is 1.33 bits per heavy atom. The number of hydrogen-bond donors (Lipinski definition) is 0. The van der Waals surface area contributed by atoms with Crippen LogP contribution in [0.4, 0.5) is 0 Å². The lowest BCUT2D eigenvalue weighted by Crippen LogP contribution is -2.30. The maximum atomic E-state index is 5.74. The molecule has 2 rings (SSSR count). The van der Waals surface area contributed by atoms with E-state index in [1.54, 1.807) is 0 Å². The first-order chi connectivity index (χ1) is 5.77. The second kappa shape index (κ2) is 3.35. The lowest BCUT2D eigenvalue weighted by atomic mass is 9.98. The average Bonchev–Trinajstić information content (AvgIpc) is 2.46.